The van der Waals surface area contributed by atoms with Gasteiger partial charge in [0.05, 0.1) is 12.6 Å². The zero-order chi connectivity index (χ0) is 13.3. The third-order valence-corrected chi connectivity index (χ3v) is 3.61. The van der Waals surface area contributed by atoms with Gasteiger partial charge >= 0.3 is 6.09 Å². The zero-order valence-electron chi connectivity index (χ0n) is 10.9. The number of carbonyl (C=O) groups excluding carboxylic acids is 1. The van der Waals surface area contributed by atoms with Crippen LogP contribution in [0.1, 0.15) is 32.3 Å². The standard InChI is InChI=1S/C13H19NO3S/c1-13(2,3)17-12(16)14-6-10(11(15)7-14)9-4-5-18-8-9/h4-5,8,10-11,15H,6-7H2,1-3H3/t10-,11+/m1/s1. The fourth-order valence-corrected chi connectivity index (χ4v) is 2.80. The van der Waals surface area contributed by atoms with Crippen LogP contribution in [0.25, 0.3) is 0 Å². The van der Waals surface area contributed by atoms with E-state index in [4.69, 9.17) is 4.74 Å². The summed E-state index contributed by atoms with van der Waals surface area (Å²) in [5.41, 5.74) is 0.598. The van der Waals surface area contributed by atoms with E-state index in [-0.39, 0.29) is 12.0 Å². The molecule has 2 atom stereocenters. The van der Waals surface area contributed by atoms with Crippen LogP contribution in [0, 0.1) is 0 Å². The molecule has 18 heavy (non-hydrogen) atoms. The molecule has 0 bridgehead atoms. The molecule has 0 radical (unpaired) electrons. The smallest absolute Gasteiger partial charge is 0.410 e. The zero-order valence-corrected chi connectivity index (χ0v) is 11.7. The molecule has 1 saturated heterocycles. The highest BCUT2D eigenvalue weighted by atomic mass is 32.1. The number of likely N-dealkylation sites (tertiary alicyclic amines) is 1. The van der Waals surface area contributed by atoms with Crippen molar-refractivity contribution in [3.8, 4) is 0 Å². The van der Waals surface area contributed by atoms with E-state index in [1.165, 1.54) is 0 Å². The number of ether oxygens (including phenoxy) is 1. The van der Waals surface area contributed by atoms with E-state index in [9.17, 15) is 9.90 Å². The number of hydrogen-bond acceptors (Lipinski definition) is 4. The van der Waals surface area contributed by atoms with Gasteiger partial charge in [-0.25, -0.2) is 4.79 Å². The molecule has 1 aliphatic heterocycles. The summed E-state index contributed by atoms with van der Waals surface area (Å²) in [7, 11) is 0. The number of aliphatic hydroxyl groups is 1. The Morgan fingerprint density at radius 2 is 2.22 bits per heavy atom. The molecule has 0 spiro atoms. The Hall–Kier alpha value is -1.07. The van der Waals surface area contributed by atoms with Crippen molar-refractivity contribution in [1.82, 2.24) is 4.90 Å². The molecule has 1 N–H and O–H groups in total. The summed E-state index contributed by atoms with van der Waals surface area (Å²) in [6.45, 7) is 6.39. The monoisotopic (exact) mass is 269 g/mol. The van der Waals surface area contributed by atoms with Crippen molar-refractivity contribution >= 4 is 17.4 Å². The second-order valence-electron chi connectivity index (χ2n) is 5.62. The Bertz CT molecular complexity index is 410. The lowest BCUT2D eigenvalue weighted by Gasteiger charge is -2.24. The number of thiophene rings is 1. The van der Waals surface area contributed by atoms with Crippen molar-refractivity contribution in [2.24, 2.45) is 0 Å². The van der Waals surface area contributed by atoms with Crippen LogP contribution in [0.15, 0.2) is 16.8 Å². The van der Waals surface area contributed by atoms with Crippen LogP contribution in [0.4, 0.5) is 4.79 Å². The Morgan fingerprint density at radius 3 is 2.78 bits per heavy atom. The molecule has 4 nitrogen and oxygen atoms in total. The predicted octanol–water partition coefficient (Wildman–Crippen LogP) is 2.44. The first-order chi connectivity index (χ1) is 8.37. The second-order valence-corrected chi connectivity index (χ2v) is 6.40. The molecule has 1 fully saturated rings. The van der Waals surface area contributed by atoms with Gasteiger partial charge in [-0.15, -0.1) is 0 Å². The molecule has 5 heteroatoms. The lowest BCUT2D eigenvalue weighted by Crippen LogP contribution is -2.35. The van der Waals surface area contributed by atoms with E-state index in [0.717, 1.165) is 5.56 Å². The lowest BCUT2D eigenvalue weighted by atomic mass is 10.00. The maximum atomic E-state index is 11.9. The third-order valence-electron chi connectivity index (χ3n) is 2.91. The highest BCUT2D eigenvalue weighted by Crippen LogP contribution is 2.29. The normalized spacial score (nSPS) is 24.3. The van der Waals surface area contributed by atoms with E-state index in [1.807, 2.05) is 37.6 Å². The van der Waals surface area contributed by atoms with Gasteiger partial charge in [0.25, 0.3) is 0 Å². The first kappa shape index (κ1) is 13.4. The molecule has 0 unspecified atom stereocenters. The molecule has 2 heterocycles. The minimum absolute atomic E-state index is 0.00349. The summed E-state index contributed by atoms with van der Waals surface area (Å²) < 4.78 is 5.31. The van der Waals surface area contributed by atoms with Gasteiger partial charge < -0.3 is 14.7 Å². The SMILES string of the molecule is CC(C)(C)OC(=O)N1C[C@H](c2ccsc2)[C@@H](O)C1. The van der Waals surface area contributed by atoms with E-state index in [0.29, 0.717) is 13.1 Å². The van der Waals surface area contributed by atoms with Gasteiger partial charge in [0.2, 0.25) is 0 Å². The fourth-order valence-electron chi connectivity index (χ4n) is 2.08. The summed E-state index contributed by atoms with van der Waals surface area (Å²) >= 11 is 1.60. The van der Waals surface area contributed by atoms with Crippen LogP contribution >= 0.6 is 11.3 Å². The van der Waals surface area contributed by atoms with Crippen LogP contribution in [-0.2, 0) is 4.74 Å². The van der Waals surface area contributed by atoms with Crippen molar-refractivity contribution in [3.63, 3.8) is 0 Å². The number of hydrogen-bond donors (Lipinski definition) is 1. The largest absolute Gasteiger partial charge is 0.444 e. The van der Waals surface area contributed by atoms with Crippen molar-refractivity contribution in [1.29, 1.82) is 0 Å². The topological polar surface area (TPSA) is 49.8 Å². The van der Waals surface area contributed by atoms with Crippen LogP contribution < -0.4 is 0 Å². The average Bonchev–Trinajstić information content (AvgIpc) is 2.82. The van der Waals surface area contributed by atoms with Gasteiger partial charge in [0.15, 0.2) is 0 Å². The first-order valence-corrected chi connectivity index (χ1v) is 6.99. The van der Waals surface area contributed by atoms with Crippen LogP contribution in [0.5, 0.6) is 0 Å². The molecule has 2 rings (SSSR count). The third kappa shape index (κ3) is 3.03. The summed E-state index contributed by atoms with van der Waals surface area (Å²) in [5.74, 6) is 0.00349. The van der Waals surface area contributed by atoms with Crippen LogP contribution in [0.2, 0.25) is 0 Å². The van der Waals surface area contributed by atoms with Gasteiger partial charge in [-0.05, 0) is 43.2 Å². The van der Waals surface area contributed by atoms with Crippen molar-refractivity contribution < 1.29 is 14.6 Å². The Labute approximate surface area is 111 Å². The minimum Gasteiger partial charge on any atom is -0.444 e. The summed E-state index contributed by atoms with van der Waals surface area (Å²) in [6, 6.07) is 2.00. The highest BCUT2D eigenvalue weighted by molar-refractivity contribution is 7.08. The number of nitrogens with zero attached hydrogens (tertiary/aromatic N) is 1. The van der Waals surface area contributed by atoms with Gasteiger partial charge in [-0.3, -0.25) is 0 Å². The molecule has 0 aliphatic carbocycles. The highest BCUT2D eigenvalue weighted by Gasteiger charge is 2.36. The van der Waals surface area contributed by atoms with E-state index < -0.39 is 11.7 Å². The van der Waals surface area contributed by atoms with Crippen LogP contribution in [-0.4, -0.2) is 40.9 Å². The fraction of sp³-hybridized carbons (Fsp3) is 0.615. The molecule has 1 aromatic rings. The Balaban J connectivity index is 2.00. The summed E-state index contributed by atoms with van der Waals surface area (Å²) in [4.78, 5) is 13.5. The van der Waals surface area contributed by atoms with E-state index in [2.05, 4.69) is 0 Å². The average molecular weight is 269 g/mol. The first-order valence-electron chi connectivity index (χ1n) is 6.05. The van der Waals surface area contributed by atoms with E-state index >= 15 is 0 Å². The van der Waals surface area contributed by atoms with Gasteiger partial charge in [0, 0.05) is 12.5 Å². The Kier molecular flexibility index (Phi) is 3.64. The minimum atomic E-state index is -0.507. The molecule has 1 aromatic heterocycles. The lowest BCUT2D eigenvalue weighted by molar-refractivity contribution is 0.0270. The van der Waals surface area contributed by atoms with Gasteiger partial charge in [-0.2, -0.15) is 11.3 Å². The van der Waals surface area contributed by atoms with Gasteiger partial charge in [-0.1, -0.05) is 0 Å². The van der Waals surface area contributed by atoms with Crippen molar-refractivity contribution in [2.45, 2.75) is 38.4 Å². The van der Waals surface area contributed by atoms with Crippen molar-refractivity contribution in [3.05, 3.63) is 22.4 Å². The maximum absolute atomic E-state index is 11.9. The van der Waals surface area contributed by atoms with Crippen molar-refractivity contribution in [2.75, 3.05) is 13.1 Å². The van der Waals surface area contributed by atoms with Gasteiger partial charge in [0.1, 0.15) is 5.60 Å². The number of amides is 1. The molecular formula is C13H19NO3S. The number of aliphatic hydroxyl groups excluding tert-OH is 1. The molecule has 0 saturated carbocycles. The van der Waals surface area contributed by atoms with Crippen LogP contribution in [0.3, 0.4) is 0 Å². The second kappa shape index (κ2) is 4.90. The molecule has 1 amide bonds. The molecule has 1 aliphatic rings. The summed E-state index contributed by atoms with van der Waals surface area (Å²) in [6.07, 6.45) is -0.855. The number of rotatable bonds is 1. The number of β-amino-alcohol motifs (C(OH)–C–C–N with tert-alkyl or cyclic N) is 1. The summed E-state index contributed by atoms with van der Waals surface area (Å²) in [5, 5.41) is 14.0. The number of carbonyl (C=O) groups is 1. The molecule has 0 aromatic carbocycles. The van der Waals surface area contributed by atoms with E-state index in [1.54, 1.807) is 16.2 Å². The maximum Gasteiger partial charge on any atom is 0.410 e. The quantitative estimate of drug-likeness (QED) is 0.852. The predicted molar refractivity (Wildman–Crippen MR) is 70.9 cm³/mol. The molecule has 100 valence electrons. The molecular weight excluding hydrogens is 250 g/mol. The Morgan fingerprint density at radius 1 is 1.50 bits per heavy atom.